The maximum Gasteiger partial charge on any atom is 0.260 e. The van der Waals surface area contributed by atoms with E-state index in [1.54, 1.807) is 0 Å². The summed E-state index contributed by atoms with van der Waals surface area (Å²) in [6, 6.07) is 0. The molecule has 0 unspecified atom stereocenters. The molecular formula is C12H22N2O2. The monoisotopic (exact) mass is 226 g/mol. The third-order valence-corrected chi connectivity index (χ3v) is 2.64. The zero-order valence-corrected chi connectivity index (χ0v) is 10.3. The highest BCUT2D eigenvalue weighted by Gasteiger charge is 2.13. The van der Waals surface area contributed by atoms with E-state index in [2.05, 4.69) is 12.3 Å². The van der Waals surface area contributed by atoms with Gasteiger partial charge < -0.3 is 4.74 Å². The highest BCUT2D eigenvalue weighted by molar-refractivity contribution is 5.92. The summed E-state index contributed by atoms with van der Waals surface area (Å²) in [7, 11) is 0. The van der Waals surface area contributed by atoms with E-state index in [1.807, 2.05) is 18.0 Å². The smallest absolute Gasteiger partial charge is 0.260 e. The zero-order chi connectivity index (χ0) is 11.8. The van der Waals surface area contributed by atoms with Crippen LogP contribution in [0.3, 0.4) is 0 Å². The number of hydrogen-bond acceptors (Lipinski definition) is 3. The van der Waals surface area contributed by atoms with Gasteiger partial charge in [-0.1, -0.05) is 25.8 Å². The van der Waals surface area contributed by atoms with Crippen molar-refractivity contribution in [3.63, 3.8) is 0 Å². The van der Waals surface area contributed by atoms with Crippen molar-refractivity contribution in [2.45, 2.75) is 33.1 Å². The van der Waals surface area contributed by atoms with Crippen molar-refractivity contribution in [2.75, 3.05) is 26.3 Å². The Labute approximate surface area is 97.6 Å². The molecule has 1 rings (SSSR count). The van der Waals surface area contributed by atoms with Crippen LogP contribution in [-0.2, 0) is 9.53 Å². The van der Waals surface area contributed by atoms with Gasteiger partial charge in [0.05, 0.1) is 13.2 Å². The molecule has 0 aromatic carbocycles. The van der Waals surface area contributed by atoms with Crippen LogP contribution in [0.1, 0.15) is 33.1 Å². The standard InChI is InChI=1S/C12H22N2O2/c1-3-4-5-6-11(2)12(15)13-14-7-9-16-10-8-14/h6H,3-5,7-10H2,1-2H3,(H,13,15). The SMILES string of the molecule is CCCCC=C(C)C(=O)NN1CCOCC1. The van der Waals surface area contributed by atoms with Crippen molar-refractivity contribution in [3.05, 3.63) is 11.6 Å². The number of carbonyl (C=O) groups is 1. The first kappa shape index (κ1) is 13.2. The third kappa shape index (κ3) is 4.77. The van der Waals surface area contributed by atoms with Crippen LogP contribution in [0, 0.1) is 0 Å². The number of allylic oxidation sites excluding steroid dienone is 1. The number of carbonyl (C=O) groups excluding carboxylic acids is 1. The van der Waals surface area contributed by atoms with Gasteiger partial charge in [0.2, 0.25) is 0 Å². The second kappa shape index (κ2) is 7.41. The number of amides is 1. The van der Waals surface area contributed by atoms with Gasteiger partial charge in [-0.05, 0) is 13.3 Å². The van der Waals surface area contributed by atoms with Crippen molar-refractivity contribution < 1.29 is 9.53 Å². The minimum Gasteiger partial charge on any atom is -0.379 e. The summed E-state index contributed by atoms with van der Waals surface area (Å²) >= 11 is 0. The van der Waals surface area contributed by atoms with Crippen LogP contribution in [0.5, 0.6) is 0 Å². The first-order valence-corrected chi connectivity index (χ1v) is 6.04. The van der Waals surface area contributed by atoms with E-state index in [1.165, 1.54) is 0 Å². The molecule has 0 saturated carbocycles. The molecule has 0 aliphatic carbocycles. The Morgan fingerprint density at radius 1 is 1.44 bits per heavy atom. The first-order chi connectivity index (χ1) is 7.74. The normalized spacial score (nSPS) is 18.5. The van der Waals surface area contributed by atoms with E-state index >= 15 is 0 Å². The molecule has 4 heteroatoms. The van der Waals surface area contributed by atoms with Crippen LogP contribution in [0.2, 0.25) is 0 Å². The molecule has 0 aromatic rings. The predicted octanol–water partition coefficient (Wildman–Crippen LogP) is 1.49. The van der Waals surface area contributed by atoms with Crippen molar-refractivity contribution in [3.8, 4) is 0 Å². The van der Waals surface area contributed by atoms with Gasteiger partial charge in [-0.2, -0.15) is 0 Å². The fraction of sp³-hybridized carbons (Fsp3) is 0.750. The predicted molar refractivity (Wildman–Crippen MR) is 63.8 cm³/mol. The summed E-state index contributed by atoms with van der Waals surface area (Å²) in [4.78, 5) is 11.7. The van der Waals surface area contributed by atoms with Crippen LogP contribution < -0.4 is 5.43 Å². The summed E-state index contributed by atoms with van der Waals surface area (Å²) in [6.07, 6.45) is 5.30. The molecule has 1 aliphatic rings. The first-order valence-electron chi connectivity index (χ1n) is 6.04. The number of ether oxygens (including phenoxy) is 1. The average molecular weight is 226 g/mol. The minimum absolute atomic E-state index is 0.0120. The quantitative estimate of drug-likeness (QED) is 0.570. The van der Waals surface area contributed by atoms with Gasteiger partial charge in [0.1, 0.15) is 0 Å². The molecular weight excluding hydrogens is 204 g/mol. The van der Waals surface area contributed by atoms with Crippen LogP contribution in [0.15, 0.2) is 11.6 Å². The van der Waals surface area contributed by atoms with E-state index in [9.17, 15) is 4.79 Å². The largest absolute Gasteiger partial charge is 0.379 e. The van der Waals surface area contributed by atoms with Gasteiger partial charge in [-0.25, -0.2) is 5.01 Å². The lowest BCUT2D eigenvalue weighted by molar-refractivity contribution is -0.124. The van der Waals surface area contributed by atoms with Crippen LogP contribution in [0.4, 0.5) is 0 Å². The number of unbranched alkanes of at least 4 members (excludes halogenated alkanes) is 2. The molecule has 4 nitrogen and oxygen atoms in total. The maximum atomic E-state index is 11.7. The summed E-state index contributed by atoms with van der Waals surface area (Å²) < 4.78 is 5.21. The molecule has 1 heterocycles. The Balaban J connectivity index is 2.29. The molecule has 1 saturated heterocycles. The van der Waals surface area contributed by atoms with Crippen molar-refractivity contribution in [1.29, 1.82) is 0 Å². The number of morpholine rings is 1. The van der Waals surface area contributed by atoms with Gasteiger partial charge in [-0.3, -0.25) is 10.2 Å². The minimum atomic E-state index is 0.0120. The average Bonchev–Trinajstić information content (AvgIpc) is 2.30. The Morgan fingerprint density at radius 2 is 2.12 bits per heavy atom. The zero-order valence-electron chi connectivity index (χ0n) is 10.3. The molecule has 0 aromatic heterocycles. The molecule has 1 aliphatic heterocycles. The van der Waals surface area contributed by atoms with Gasteiger partial charge in [0.15, 0.2) is 0 Å². The molecule has 1 fully saturated rings. The van der Waals surface area contributed by atoms with Crippen molar-refractivity contribution in [2.24, 2.45) is 0 Å². The second-order valence-electron chi connectivity index (χ2n) is 4.07. The second-order valence-corrected chi connectivity index (χ2v) is 4.07. The van der Waals surface area contributed by atoms with Gasteiger partial charge in [-0.15, -0.1) is 0 Å². The number of nitrogens with one attached hydrogen (secondary N) is 1. The summed E-state index contributed by atoms with van der Waals surface area (Å²) in [5.41, 5.74) is 3.70. The van der Waals surface area contributed by atoms with Crippen molar-refractivity contribution in [1.82, 2.24) is 10.4 Å². The Kier molecular flexibility index (Phi) is 6.11. The number of hydrazine groups is 1. The molecule has 1 N–H and O–H groups in total. The topological polar surface area (TPSA) is 41.6 Å². The summed E-state index contributed by atoms with van der Waals surface area (Å²) in [5, 5.41) is 1.92. The van der Waals surface area contributed by atoms with E-state index in [0.29, 0.717) is 13.2 Å². The fourth-order valence-corrected chi connectivity index (χ4v) is 1.52. The van der Waals surface area contributed by atoms with Gasteiger partial charge in [0, 0.05) is 18.7 Å². The lowest BCUT2D eigenvalue weighted by Crippen LogP contribution is -2.48. The maximum absolute atomic E-state index is 11.7. The third-order valence-electron chi connectivity index (χ3n) is 2.64. The number of nitrogens with zero attached hydrogens (tertiary/aromatic N) is 1. The Hall–Kier alpha value is -0.870. The highest BCUT2D eigenvalue weighted by Crippen LogP contribution is 2.02. The van der Waals surface area contributed by atoms with Crippen LogP contribution in [-0.4, -0.2) is 37.2 Å². The lowest BCUT2D eigenvalue weighted by atomic mass is 10.2. The van der Waals surface area contributed by atoms with E-state index in [4.69, 9.17) is 4.74 Å². The van der Waals surface area contributed by atoms with E-state index < -0.39 is 0 Å². The van der Waals surface area contributed by atoms with Crippen LogP contribution >= 0.6 is 0 Å². The Bertz CT molecular complexity index is 245. The van der Waals surface area contributed by atoms with Crippen molar-refractivity contribution >= 4 is 5.91 Å². The molecule has 92 valence electrons. The lowest BCUT2D eigenvalue weighted by Gasteiger charge is -2.27. The molecule has 0 radical (unpaired) electrons. The highest BCUT2D eigenvalue weighted by atomic mass is 16.5. The van der Waals surface area contributed by atoms with Crippen LogP contribution in [0.25, 0.3) is 0 Å². The van der Waals surface area contributed by atoms with E-state index in [0.717, 1.165) is 37.9 Å². The Morgan fingerprint density at radius 3 is 2.75 bits per heavy atom. The van der Waals surface area contributed by atoms with E-state index in [-0.39, 0.29) is 5.91 Å². The molecule has 16 heavy (non-hydrogen) atoms. The van der Waals surface area contributed by atoms with Gasteiger partial charge in [0.25, 0.3) is 5.91 Å². The fourth-order valence-electron chi connectivity index (χ4n) is 1.52. The molecule has 0 atom stereocenters. The summed E-state index contributed by atoms with van der Waals surface area (Å²) in [5.74, 6) is 0.0120. The number of hydrogen-bond donors (Lipinski definition) is 1. The van der Waals surface area contributed by atoms with Gasteiger partial charge >= 0.3 is 0 Å². The summed E-state index contributed by atoms with van der Waals surface area (Å²) in [6.45, 7) is 6.95. The molecule has 1 amide bonds. The number of rotatable bonds is 5. The molecule has 0 bridgehead atoms. The molecule has 0 spiro atoms.